The molecule has 13 heteroatoms. The van der Waals surface area contributed by atoms with E-state index in [4.69, 9.17) is 42.1 Å². The summed E-state index contributed by atoms with van der Waals surface area (Å²) < 4.78 is 21.1. The van der Waals surface area contributed by atoms with Crippen LogP contribution in [0.25, 0.3) is 0 Å². The average molecular weight is 548 g/mol. The van der Waals surface area contributed by atoms with Crippen molar-refractivity contribution in [2.24, 2.45) is 5.10 Å². The van der Waals surface area contributed by atoms with Crippen LogP contribution in [0.4, 0.5) is 5.69 Å². The second-order valence-corrected chi connectivity index (χ2v) is 7.92. The van der Waals surface area contributed by atoms with E-state index >= 15 is 0 Å². The maximum absolute atomic E-state index is 13.0. The molecule has 192 valence electrons. The minimum Gasteiger partial charge on any atom is -0.493 e. The maximum atomic E-state index is 13.0. The number of hydrazone groups is 1. The van der Waals surface area contributed by atoms with E-state index in [1.54, 1.807) is 0 Å². The van der Waals surface area contributed by atoms with Crippen molar-refractivity contribution in [1.82, 2.24) is 5.43 Å². The van der Waals surface area contributed by atoms with Crippen molar-refractivity contribution in [1.29, 1.82) is 0 Å². The van der Waals surface area contributed by atoms with Gasteiger partial charge in [-0.3, -0.25) is 14.9 Å². The molecule has 3 aromatic carbocycles. The highest BCUT2D eigenvalue weighted by atomic mass is 35.5. The van der Waals surface area contributed by atoms with Crippen LogP contribution >= 0.6 is 23.2 Å². The standard InChI is InChI=1S/C24H19Cl2N3O8/c1-34-19-9-14(10-20(35-2)22(19)36-3)24(31)37-21-13(5-4-6-18(21)29(32)33)12-27-28-23(30)16-8-7-15(25)11-17(16)26/h4-12H,1-3H3,(H,28,30)/b27-12+. The Bertz CT molecular complexity index is 1370. The maximum Gasteiger partial charge on any atom is 0.344 e. The van der Waals surface area contributed by atoms with Gasteiger partial charge in [0.25, 0.3) is 5.91 Å². The normalized spacial score (nSPS) is 10.6. The minimum atomic E-state index is -0.944. The summed E-state index contributed by atoms with van der Waals surface area (Å²) in [6.07, 6.45) is 1.09. The summed E-state index contributed by atoms with van der Waals surface area (Å²) in [6, 6.07) is 10.9. The van der Waals surface area contributed by atoms with Crippen LogP contribution in [0.1, 0.15) is 26.3 Å². The molecule has 11 nitrogen and oxygen atoms in total. The molecule has 0 radical (unpaired) electrons. The molecule has 0 aliphatic heterocycles. The highest BCUT2D eigenvalue weighted by Gasteiger charge is 2.24. The highest BCUT2D eigenvalue weighted by molar-refractivity contribution is 6.36. The van der Waals surface area contributed by atoms with E-state index in [1.807, 2.05) is 0 Å². The number of nitro benzene ring substituents is 1. The lowest BCUT2D eigenvalue weighted by Crippen LogP contribution is -2.18. The number of nitrogens with one attached hydrogen (secondary N) is 1. The second kappa shape index (κ2) is 12.1. The average Bonchev–Trinajstić information content (AvgIpc) is 2.88. The van der Waals surface area contributed by atoms with Crippen molar-refractivity contribution in [2.45, 2.75) is 0 Å². The summed E-state index contributed by atoms with van der Waals surface area (Å²) in [6.45, 7) is 0. The molecule has 0 aliphatic carbocycles. The number of methoxy groups -OCH3 is 3. The van der Waals surface area contributed by atoms with Gasteiger partial charge < -0.3 is 18.9 Å². The first-order valence-electron chi connectivity index (χ1n) is 10.3. The second-order valence-electron chi connectivity index (χ2n) is 7.08. The lowest BCUT2D eigenvalue weighted by molar-refractivity contribution is -0.385. The lowest BCUT2D eigenvalue weighted by atomic mass is 10.1. The van der Waals surface area contributed by atoms with Gasteiger partial charge in [-0.2, -0.15) is 5.10 Å². The number of hydrogen-bond donors (Lipinski definition) is 1. The Morgan fingerprint density at radius 1 is 0.973 bits per heavy atom. The van der Waals surface area contributed by atoms with E-state index in [0.29, 0.717) is 5.02 Å². The van der Waals surface area contributed by atoms with Gasteiger partial charge in [0.1, 0.15) is 0 Å². The van der Waals surface area contributed by atoms with Gasteiger partial charge in [0.05, 0.1) is 48.6 Å². The number of para-hydroxylation sites is 1. The Morgan fingerprint density at radius 3 is 2.22 bits per heavy atom. The van der Waals surface area contributed by atoms with Gasteiger partial charge in [0, 0.05) is 16.7 Å². The monoisotopic (exact) mass is 547 g/mol. The van der Waals surface area contributed by atoms with Crippen molar-refractivity contribution in [2.75, 3.05) is 21.3 Å². The molecule has 0 saturated heterocycles. The van der Waals surface area contributed by atoms with Crippen LogP contribution in [0.3, 0.4) is 0 Å². The smallest absolute Gasteiger partial charge is 0.344 e. The molecule has 0 bridgehead atoms. The molecular formula is C24H19Cl2N3O8. The van der Waals surface area contributed by atoms with Gasteiger partial charge in [-0.25, -0.2) is 10.2 Å². The topological polar surface area (TPSA) is 139 Å². The number of carbonyl (C=O) groups is 2. The van der Waals surface area contributed by atoms with Crippen molar-refractivity contribution in [3.05, 3.63) is 85.4 Å². The van der Waals surface area contributed by atoms with Crippen LogP contribution in [0.5, 0.6) is 23.0 Å². The van der Waals surface area contributed by atoms with E-state index in [-0.39, 0.29) is 39.0 Å². The van der Waals surface area contributed by atoms with E-state index < -0.39 is 28.2 Å². The number of nitro groups is 1. The first-order valence-corrected chi connectivity index (χ1v) is 11.0. The number of esters is 1. The van der Waals surface area contributed by atoms with Gasteiger partial charge >= 0.3 is 11.7 Å². The van der Waals surface area contributed by atoms with Gasteiger partial charge in [-0.1, -0.05) is 29.3 Å². The third-order valence-corrected chi connectivity index (χ3v) is 5.41. The van der Waals surface area contributed by atoms with Crippen molar-refractivity contribution >= 4 is 47.0 Å². The van der Waals surface area contributed by atoms with Crippen LogP contribution in [0.15, 0.2) is 53.6 Å². The molecule has 0 aromatic heterocycles. The summed E-state index contributed by atoms with van der Waals surface area (Å²) in [4.78, 5) is 36.3. The number of hydrogen-bond acceptors (Lipinski definition) is 9. The van der Waals surface area contributed by atoms with Crippen LogP contribution in [0.2, 0.25) is 10.0 Å². The summed E-state index contributed by atoms with van der Waals surface area (Å²) in [5.74, 6) is -1.38. The quantitative estimate of drug-likeness (QED) is 0.131. The number of halogens is 2. The molecule has 0 fully saturated rings. The summed E-state index contributed by atoms with van der Waals surface area (Å²) in [7, 11) is 4.14. The number of amides is 1. The molecule has 3 rings (SSSR count). The molecule has 3 aromatic rings. The Labute approximate surface area is 220 Å². The fourth-order valence-electron chi connectivity index (χ4n) is 3.14. The molecule has 0 aliphatic rings. The molecule has 0 atom stereocenters. The zero-order valence-corrected chi connectivity index (χ0v) is 21.1. The van der Waals surface area contributed by atoms with E-state index in [2.05, 4.69) is 10.5 Å². The first-order chi connectivity index (χ1) is 17.7. The van der Waals surface area contributed by atoms with E-state index in [1.165, 1.54) is 63.8 Å². The van der Waals surface area contributed by atoms with Crippen molar-refractivity contribution in [3.8, 4) is 23.0 Å². The predicted octanol–water partition coefficient (Wildman–Crippen LogP) is 4.91. The summed E-state index contributed by atoms with van der Waals surface area (Å²) in [5, 5.41) is 15.9. The Kier molecular flexibility index (Phi) is 8.88. The number of ether oxygens (including phenoxy) is 4. The molecule has 1 N–H and O–H groups in total. The zero-order chi connectivity index (χ0) is 27.1. The van der Waals surface area contributed by atoms with Crippen molar-refractivity contribution in [3.63, 3.8) is 0 Å². The van der Waals surface area contributed by atoms with Gasteiger partial charge in [-0.05, 0) is 36.4 Å². The number of benzene rings is 3. The molecule has 0 saturated carbocycles. The third kappa shape index (κ3) is 6.26. The Balaban J connectivity index is 1.92. The van der Waals surface area contributed by atoms with Gasteiger partial charge in [0.2, 0.25) is 11.5 Å². The number of nitrogens with zero attached hydrogens (tertiary/aromatic N) is 2. The third-order valence-electron chi connectivity index (χ3n) is 4.86. The number of carbonyl (C=O) groups excluding carboxylic acids is 2. The van der Waals surface area contributed by atoms with Crippen LogP contribution in [-0.4, -0.2) is 44.3 Å². The lowest BCUT2D eigenvalue weighted by Gasteiger charge is -2.14. The Hall–Kier alpha value is -4.35. The van der Waals surface area contributed by atoms with Crippen LogP contribution in [0, 0.1) is 10.1 Å². The summed E-state index contributed by atoms with van der Waals surface area (Å²) >= 11 is 11.9. The molecule has 0 heterocycles. The van der Waals surface area contributed by atoms with Crippen LogP contribution < -0.4 is 24.4 Å². The first kappa shape index (κ1) is 27.2. The Morgan fingerprint density at radius 2 is 1.65 bits per heavy atom. The minimum absolute atomic E-state index is 0.0266. The molecule has 0 unspecified atom stereocenters. The molecular weight excluding hydrogens is 529 g/mol. The largest absolute Gasteiger partial charge is 0.493 e. The van der Waals surface area contributed by atoms with Crippen molar-refractivity contribution < 1.29 is 33.5 Å². The fraction of sp³-hybridized carbons (Fsp3) is 0.125. The van der Waals surface area contributed by atoms with E-state index in [9.17, 15) is 19.7 Å². The fourth-order valence-corrected chi connectivity index (χ4v) is 3.64. The highest BCUT2D eigenvalue weighted by Crippen LogP contribution is 2.39. The predicted molar refractivity (Wildman–Crippen MR) is 136 cm³/mol. The van der Waals surface area contributed by atoms with Gasteiger partial charge in [0.15, 0.2) is 11.5 Å². The molecule has 0 spiro atoms. The summed E-state index contributed by atoms with van der Waals surface area (Å²) in [5.41, 5.74) is 1.87. The number of rotatable bonds is 9. The zero-order valence-electron chi connectivity index (χ0n) is 19.6. The molecule has 37 heavy (non-hydrogen) atoms. The van der Waals surface area contributed by atoms with Crippen LogP contribution in [-0.2, 0) is 0 Å². The SMILES string of the molecule is COc1cc(C(=O)Oc2c(/C=N/NC(=O)c3ccc(Cl)cc3Cl)cccc2[N+](=O)[O-])cc(OC)c1OC. The molecule has 1 amide bonds. The van der Waals surface area contributed by atoms with Gasteiger partial charge in [-0.15, -0.1) is 0 Å². The van der Waals surface area contributed by atoms with E-state index in [0.717, 1.165) is 12.3 Å².